The van der Waals surface area contributed by atoms with Gasteiger partial charge < -0.3 is 0 Å². The van der Waals surface area contributed by atoms with Crippen molar-refractivity contribution >= 4 is 15.9 Å². The van der Waals surface area contributed by atoms with Gasteiger partial charge in [-0.25, -0.2) is 0 Å². The van der Waals surface area contributed by atoms with Crippen molar-refractivity contribution < 1.29 is 0 Å². The Balaban J connectivity index is 2.57. The van der Waals surface area contributed by atoms with Crippen molar-refractivity contribution in [1.29, 1.82) is 0 Å². The second kappa shape index (κ2) is 5.19. The predicted molar refractivity (Wildman–Crippen MR) is 65.7 cm³/mol. The van der Waals surface area contributed by atoms with E-state index in [-0.39, 0.29) is 5.54 Å². The monoisotopic (exact) mass is 267 g/mol. The van der Waals surface area contributed by atoms with Crippen LogP contribution in [-0.2, 0) is 6.42 Å². The normalized spacial score (nSPS) is 10.9. The van der Waals surface area contributed by atoms with Gasteiger partial charge in [-0.15, -0.1) is 0 Å². The van der Waals surface area contributed by atoms with Crippen molar-refractivity contribution in [3.63, 3.8) is 0 Å². The Morgan fingerprint density at radius 1 is 1.33 bits per heavy atom. The number of nitrogens with zero attached hydrogens (tertiary/aromatic N) is 3. The summed E-state index contributed by atoms with van der Waals surface area (Å²) in [6.45, 7) is 3.90. The Morgan fingerprint density at radius 3 is 2.47 bits per heavy atom. The van der Waals surface area contributed by atoms with Crippen molar-refractivity contribution in [2.24, 2.45) is 5.11 Å². The molecule has 0 aliphatic heterocycles. The molecule has 4 heteroatoms. The van der Waals surface area contributed by atoms with Gasteiger partial charge in [-0.2, -0.15) is 0 Å². The maximum Gasteiger partial charge on any atom is 0.0435 e. The van der Waals surface area contributed by atoms with Gasteiger partial charge in [0, 0.05) is 14.9 Å². The van der Waals surface area contributed by atoms with Crippen LogP contribution >= 0.6 is 15.9 Å². The van der Waals surface area contributed by atoms with Crippen molar-refractivity contribution in [2.75, 3.05) is 0 Å². The fraction of sp³-hybridized carbons (Fsp3) is 0.455. The van der Waals surface area contributed by atoms with Crippen LogP contribution in [0.15, 0.2) is 33.9 Å². The molecule has 0 N–H and O–H groups in total. The molecular formula is C11H14BrN3. The van der Waals surface area contributed by atoms with Gasteiger partial charge >= 0.3 is 0 Å². The molecule has 0 heterocycles. The quantitative estimate of drug-likeness (QED) is 0.439. The predicted octanol–water partition coefficient (Wildman–Crippen LogP) is 4.47. The number of benzene rings is 1. The summed E-state index contributed by atoms with van der Waals surface area (Å²) in [5.41, 5.74) is 9.35. The van der Waals surface area contributed by atoms with Crippen LogP contribution in [0.5, 0.6) is 0 Å². The number of rotatable bonds is 4. The van der Waals surface area contributed by atoms with Crippen molar-refractivity contribution in [3.05, 3.63) is 44.7 Å². The van der Waals surface area contributed by atoms with Crippen LogP contribution in [-0.4, -0.2) is 5.54 Å². The van der Waals surface area contributed by atoms with Gasteiger partial charge in [0.05, 0.1) is 0 Å². The van der Waals surface area contributed by atoms with Crippen LogP contribution in [0.1, 0.15) is 25.8 Å². The summed E-state index contributed by atoms with van der Waals surface area (Å²) in [6, 6.07) is 8.21. The lowest BCUT2D eigenvalue weighted by atomic mass is 9.96. The van der Waals surface area contributed by atoms with Gasteiger partial charge in [0.25, 0.3) is 0 Å². The van der Waals surface area contributed by atoms with E-state index < -0.39 is 0 Å². The van der Waals surface area contributed by atoms with E-state index in [4.69, 9.17) is 5.53 Å². The molecule has 0 amide bonds. The van der Waals surface area contributed by atoms with Gasteiger partial charge in [-0.3, -0.25) is 0 Å². The Hall–Kier alpha value is -0.990. The molecule has 3 nitrogen and oxygen atoms in total. The number of azide groups is 1. The summed E-state index contributed by atoms with van der Waals surface area (Å²) in [5.74, 6) is 0. The zero-order valence-electron chi connectivity index (χ0n) is 8.94. The molecule has 1 rings (SSSR count). The third kappa shape index (κ3) is 4.36. The maximum atomic E-state index is 8.39. The Labute approximate surface area is 98.3 Å². The summed E-state index contributed by atoms with van der Waals surface area (Å²) < 4.78 is 1.08. The lowest BCUT2D eigenvalue weighted by Gasteiger charge is -2.17. The highest BCUT2D eigenvalue weighted by molar-refractivity contribution is 9.10. The number of aryl methyl sites for hydroxylation is 1. The summed E-state index contributed by atoms with van der Waals surface area (Å²) in [5, 5.41) is 3.76. The minimum absolute atomic E-state index is 0.304. The first-order valence-electron chi connectivity index (χ1n) is 4.84. The largest absolute Gasteiger partial charge is 0.0878 e. The molecular weight excluding hydrogens is 254 g/mol. The lowest BCUT2D eigenvalue weighted by molar-refractivity contribution is 0.474. The molecule has 1 aromatic carbocycles. The van der Waals surface area contributed by atoms with Crippen LogP contribution in [0.4, 0.5) is 0 Å². The second-order valence-corrected chi connectivity index (χ2v) is 5.04. The molecule has 0 aliphatic carbocycles. The van der Waals surface area contributed by atoms with Gasteiger partial charge in [0.2, 0.25) is 0 Å². The van der Waals surface area contributed by atoms with Crippen molar-refractivity contribution in [1.82, 2.24) is 0 Å². The zero-order valence-corrected chi connectivity index (χ0v) is 10.5. The fourth-order valence-electron chi connectivity index (χ4n) is 1.27. The molecule has 0 aromatic heterocycles. The van der Waals surface area contributed by atoms with Crippen molar-refractivity contribution in [3.8, 4) is 0 Å². The summed E-state index contributed by atoms with van der Waals surface area (Å²) in [6.07, 6.45) is 1.79. The topological polar surface area (TPSA) is 48.8 Å². The molecule has 0 spiro atoms. The van der Waals surface area contributed by atoms with E-state index in [1.54, 1.807) is 0 Å². The summed E-state index contributed by atoms with van der Waals surface area (Å²) >= 11 is 3.39. The van der Waals surface area contributed by atoms with E-state index in [1.807, 2.05) is 26.0 Å². The zero-order chi connectivity index (χ0) is 11.3. The molecule has 1 aromatic rings. The standard InChI is InChI=1S/C11H14BrN3/c1-11(2,14-15-13)8-7-9-3-5-10(12)6-4-9/h3-6H,7-8H2,1-2H3. The van der Waals surface area contributed by atoms with Crippen molar-refractivity contribution in [2.45, 2.75) is 32.2 Å². The van der Waals surface area contributed by atoms with E-state index in [0.29, 0.717) is 0 Å². The van der Waals surface area contributed by atoms with Gasteiger partial charge in [-0.05, 0) is 36.1 Å². The number of halogens is 1. The van der Waals surface area contributed by atoms with Gasteiger partial charge in [0.15, 0.2) is 0 Å². The van der Waals surface area contributed by atoms with Crippen LogP contribution in [0.2, 0.25) is 0 Å². The molecule has 80 valence electrons. The fourth-order valence-corrected chi connectivity index (χ4v) is 1.54. The van der Waals surface area contributed by atoms with E-state index in [1.165, 1.54) is 5.56 Å². The molecule has 0 aliphatic rings. The van der Waals surface area contributed by atoms with Crippen LogP contribution < -0.4 is 0 Å². The van der Waals surface area contributed by atoms with E-state index in [0.717, 1.165) is 17.3 Å². The molecule has 0 bridgehead atoms. The first-order valence-corrected chi connectivity index (χ1v) is 5.63. The smallest absolute Gasteiger partial charge is 0.0435 e. The SMILES string of the molecule is CC(C)(CCc1ccc(Br)cc1)N=[N+]=[N-]. The Kier molecular flexibility index (Phi) is 4.18. The molecule has 0 saturated carbocycles. The first-order chi connectivity index (χ1) is 7.03. The average Bonchev–Trinajstić information content (AvgIpc) is 2.17. The highest BCUT2D eigenvalue weighted by Gasteiger charge is 2.14. The lowest BCUT2D eigenvalue weighted by Crippen LogP contribution is -2.16. The molecule has 15 heavy (non-hydrogen) atoms. The third-order valence-corrected chi connectivity index (χ3v) is 2.78. The minimum atomic E-state index is -0.304. The number of hydrogen-bond acceptors (Lipinski definition) is 1. The molecule has 0 unspecified atom stereocenters. The van der Waals surface area contributed by atoms with Crippen LogP contribution in [0.25, 0.3) is 10.4 Å². The Bertz CT molecular complexity index is 364. The van der Waals surface area contributed by atoms with Gasteiger partial charge in [-0.1, -0.05) is 47.0 Å². The minimum Gasteiger partial charge on any atom is -0.0878 e. The number of hydrogen-bond donors (Lipinski definition) is 0. The highest BCUT2D eigenvalue weighted by Crippen LogP contribution is 2.19. The van der Waals surface area contributed by atoms with E-state index in [9.17, 15) is 0 Å². The van der Waals surface area contributed by atoms with Crippen LogP contribution in [0, 0.1) is 0 Å². The van der Waals surface area contributed by atoms with Gasteiger partial charge in [0.1, 0.15) is 0 Å². The maximum absolute atomic E-state index is 8.39. The van der Waals surface area contributed by atoms with Crippen LogP contribution in [0.3, 0.4) is 0 Å². The summed E-state index contributed by atoms with van der Waals surface area (Å²) in [7, 11) is 0. The molecule has 0 atom stereocenters. The highest BCUT2D eigenvalue weighted by atomic mass is 79.9. The first kappa shape index (κ1) is 12.1. The molecule has 0 radical (unpaired) electrons. The molecule has 0 fully saturated rings. The van der Waals surface area contributed by atoms with E-state index in [2.05, 4.69) is 38.1 Å². The second-order valence-electron chi connectivity index (χ2n) is 4.13. The summed E-state index contributed by atoms with van der Waals surface area (Å²) in [4.78, 5) is 2.85. The molecule has 0 saturated heterocycles. The Morgan fingerprint density at radius 2 is 1.93 bits per heavy atom. The average molecular weight is 268 g/mol. The third-order valence-electron chi connectivity index (χ3n) is 2.25. The van der Waals surface area contributed by atoms with E-state index >= 15 is 0 Å².